The molecule has 8 heteroatoms. The van der Waals surface area contributed by atoms with Crippen LogP contribution in [-0.4, -0.2) is 30.2 Å². The zero-order valence-electron chi connectivity index (χ0n) is 21.1. The highest BCUT2D eigenvalue weighted by Crippen LogP contribution is 2.31. The molecule has 0 radical (unpaired) electrons. The minimum Gasteiger partial charge on any atom is -0.463 e. The van der Waals surface area contributed by atoms with Crippen LogP contribution >= 0.6 is 11.3 Å². The summed E-state index contributed by atoms with van der Waals surface area (Å²) in [6.07, 6.45) is 4.09. The molecule has 0 spiro atoms. The van der Waals surface area contributed by atoms with Crippen LogP contribution in [0.4, 0.5) is 5.88 Å². The molecule has 1 fully saturated rings. The maximum absolute atomic E-state index is 13.7. The summed E-state index contributed by atoms with van der Waals surface area (Å²) in [6, 6.07) is 11.3. The molecular weight excluding hydrogens is 474 g/mol. The Labute approximate surface area is 214 Å². The molecule has 1 aromatic carbocycles. The summed E-state index contributed by atoms with van der Waals surface area (Å²) in [6.45, 7) is 10.1. The van der Waals surface area contributed by atoms with Crippen molar-refractivity contribution in [1.29, 1.82) is 0 Å². The van der Waals surface area contributed by atoms with Crippen molar-refractivity contribution in [3.63, 3.8) is 0 Å². The van der Waals surface area contributed by atoms with Crippen molar-refractivity contribution in [1.82, 2.24) is 4.57 Å². The van der Waals surface area contributed by atoms with Crippen molar-refractivity contribution >= 4 is 29.3 Å². The standard InChI is InChI=1S/C28H31N3O4S/c1-5-34-27(33)24-18(4)29-28-31(25(24)20-10-8-19(9-11-20)17(2)3)26(32)22(36-28)16-21-12-13-23(35-21)30-14-6-7-15-30/h8-13,16-17,25H,5-7,14-15H2,1-4H3. The number of carbonyl (C=O) groups excluding carboxylic acids is 1. The number of thiazole rings is 1. The van der Waals surface area contributed by atoms with E-state index in [0.29, 0.717) is 32.3 Å². The minimum absolute atomic E-state index is 0.204. The highest BCUT2D eigenvalue weighted by Gasteiger charge is 2.33. The summed E-state index contributed by atoms with van der Waals surface area (Å²) in [5.41, 5.74) is 2.79. The third kappa shape index (κ3) is 4.46. The number of anilines is 1. The van der Waals surface area contributed by atoms with E-state index >= 15 is 0 Å². The van der Waals surface area contributed by atoms with Crippen LogP contribution < -0.4 is 19.8 Å². The third-order valence-corrected chi connectivity index (χ3v) is 7.72. The lowest BCUT2D eigenvalue weighted by Crippen LogP contribution is -2.39. The fourth-order valence-electron chi connectivity index (χ4n) is 4.83. The zero-order chi connectivity index (χ0) is 25.4. The number of furan rings is 1. The van der Waals surface area contributed by atoms with Gasteiger partial charge in [0.15, 0.2) is 10.7 Å². The summed E-state index contributed by atoms with van der Waals surface area (Å²) in [7, 11) is 0. The van der Waals surface area contributed by atoms with Crippen molar-refractivity contribution in [2.45, 2.75) is 52.5 Å². The molecule has 3 aromatic rings. The number of nitrogens with zero attached hydrogens (tertiary/aromatic N) is 3. The normalized spacial score (nSPS) is 18.1. The Kier molecular flexibility index (Phi) is 6.71. The number of hydrogen-bond acceptors (Lipinski definition) is 7. The molecule has 0 aliphatic carbocycles. The van der Waals surface area contributed by atoms with Gasteiger partial charge in [-0.25, -0.2) is 9.79 Å². The topological polar surface area (TPSA) is 77.0 Å². The largest absolute Gasteiger partial charge is 0.463 e. The molecule has 5 rings (SSSR count). The Morgan fingerprint density at radius 1 is 1.19 bits per heavy atom. The van der Waals surface area contributed by atoms with Gasteiger partial charge in [-0.1, -0.05) is 49.4 Å². The van der Waals surface area contributed by atoms with Crippen LogP contribution in [0.2, 0.25) is 0 Å². The number of esters is 1. The highest BCUT2D eigenvalue weighted by molar-refractivity contribution is 7.07. The molecule has 36 heavy (non-hydrogen) atoms. The van der Waals surface area contributed by atoms with Crippen molar-refractivity contribution in [2.75, 3.05) is 24.6 Å². The van der Waals surface area contributed by atoms with Gasteiger partial charge in [-0.3, -0.25) is 9.36 Å². The Hall–Kier alpha value is -3.39. The summed E-state index contributed by atoms with van der Waals surface area (Å²) in [4.78, 5) is 34.2. The average molecular weight is 506 g/mol. The molecule has 0 saturated carbocycles. The van der Waals surface area contributed by atoms with Gasteiger partial charge < -0.3 is 14.1 Å². The first-order valence-electron chi connectivity index (χ1n) is 12.5. The lowest BCUT2D eigenvalue weighted by atomic mass is 9.93. The van der Waals surface area contributed by atoms with E-state index in [1.807, 2.05) is 24.3 Å². The molecule has 0 bridgehead atoms. The first-order chi connectivity index (χ1) is 17.4. The number of ether oxygens (including phenoxy) is 1. The Balaban J connectivity index is 1.62. The van der Waals surface area contributed by atoms with Crippen molar-refractivity contribution in [3.8, 4) is 0 Å². The molecule has 2 aliphatic rings. The average Bonchev–Trinajstić information content (AvgIpc) is 3.60. The second-order valence-electron chi connectivity index (χ2n) is 9.49. The molecule has 1 atom stereocenters. The van der Waals surface area contributed by atoms with E-state index in [2.05, 4.69) is 35.9 Å². The maximum Gasteiger partial charge on any atom is 0.338 e. The van der Waals surface area contributed by atoms with Crippen molar-refractivity contribution in [2.24, 2.45) is 4.99 Å². The van der Waals surface area contributed by atoms with E-state index in [4.69, 9.17) is 9.15 Å². The summed E-state index contributed by atoms with van der Waals surface area (Å²) in [5.74, 6) is 1.38. The molecule has 188 valence electrons. The predicted molar refractivity (Wildman–Crippen MR) is 141 cm³/mol. The quantitative estimate of drug-likeness (QED) is 0.471. The van der Waals surface area contributed by atoms with Gasteiger partial charge in [0.1, 0.15) is 5.76 Å². The van der Waals surface area contributed by atoms with Gasteiger partial charge in [0, 0.05) is 25.2 Å². The van der Waals surface area contributed by atoms with E-state index in [-0.39, 0.29) is 12.2 Å². The number of carbonyl (C=O) groups is 1. The molecular formula is C28H31N3O4S. The maximum atomic E-state index is 13.7. The SMILES string of the molecule is CCOC(=O)C1=C(C)N=c2sc(=Cc3ccc(N4CCCC4)o3)c(=O)n2C1c1ccc(C(C)C)cc1. The Morgan fingerprint density at radius 3 is 2.58 bits per heavy atom. The van der Waals surface area contributed by atoms with Crippen LogP contribution in [0.25, 0.3) is 6.08 Å². The van der Waals surface area contributed by atoms with Crippen LogP contribution in [0.3, 0.4) is 0 Å². The summed E-state index contributed by atoms with van der Waals surface area (Å²) < 4.78 is 13.5. The fraction of sp³-hybridized carbons (Fsp3) is 0.393. The van der Waals surface area contributed by atoms with E-state index in [1.165, 1.54) is 16.9 Å². The van der Waals surface area contributed by atoms with Gasteiger partial charge in [-0.05, 0) is 49.8 Å². The van der Waals surface area contributed by atoms with Crippen LogP contribution in [0.1, 0.15) is 69.4 Å². The van der Waals surface area contributed by atoms with E-state index in [9.17, 15) is 9.59 Å². The van der Waals surface area contributed by atoms with Gasteiger partial charge in [-0.15, -0.1) is 0 Å². The van der Waals surface area contributed by atoms with Crippen molar-refractivity contribution in [3.05, 3.63) is 84.2 Å². The van der Waals surface area contributed by atoms with Gasteiger partial charge in [0.05, 0.1) is 28.5 Å². The van der Waals surface area contributed by atoms with Gasteiger partial charge in [0.25, 0.3) is 5.56 Å². The lowest BCUT2D eigenvalue weighted by molar-refractivity contribution is -0.139. The number of benzene rings is 1. The monoisotopic (exact) mass is 505 g/mol. The Morgan fingerprint density at radius 2 is 1.92 bits per heavy atom. The molecule has 0 N–H and O–H groups in total. The number of rotatable bonds is 6. The van der Waals surface area contributed by atoms with E-state index < -0.39 is 12.0 Å². The first kappa shape index (κ1) is 24.3. The number of fused-ring (bicyclic) bond motifs is 1. The van der Waals surface area contributed by atoms with Crippen LogP contribution in [-0.2, 0) is 9.53 Å². The molecule has 1 saturated heterocycles. The second kappa shape index (κ2) is 9.93. The van der Waals surface area contributed by atoms with Gasteiger partial charge in [0.2, 0.25) is 0 Å². The van der Waals surface area contributed by atoms with Crippen LogP contribution in [0.5, 0.6) is 0 Å². The first-order valence-corrected chi connectivity index (χ1v) is 13.3. The molecule has 7 nitrogen and oxygen atoms in total. The smallest absolute Gasteiger partial charge is 0.338 e. The highest BCUT2D eigenvalue weighted by atomic mass is 32.1. The van der Waals surface area contributed by atoms with E-state index in [0.717, 1.165) is 37.4 Å². The Bertz CT molecular complexity index is 1480. The number of hydrogen-bond donors (Lipinski definition) is 0. The molecule has 2 aliphatic heterocycles. The zero-order valence-corrected chi connectivity index (χ0v) is 21.9. The van der Waals surface area contributed by atoms with Gasteiger partial charge >= 0.3 is 5.97 Å². The van der Waals surface area contributed by atoms with E-state index in [1.54, 1.807) is 24.5 Å². The fourth-order valence-corrected chi connectivity index (χ4v) is 5.85. The summed E-state index contributed by atoms with van der Waals surface area (Å²) >= 11 is 1.30. The second-order valence-corrected chi connectivity index (χ2v) is 10.5. The molecule has 2 aromatic heterocycles. The van der Waals surface area contributed by atoms with Crippen LogP contribution in [0.15, 0.2) is 61.9 Å². The molecule has 0 amide bonds. The third-order valence-electron chi connectivity index (χ3n) is 6.74. The van der Waals surface area contributed by atoms with Crippen molar-refractivity contribution < 1.29 is 13.9 Å². The van der Waals surface area contributed by atoms with Crippen LogP contribution in [0, 0.1) is 0 Å². The molecule has 4 heterocycles. The summed E-state index contributed by atoms with van der Waals surface area (Å²) in [5, 5.41) is 0. The lowest BCUT2D eigenvalue weighted by Gasteiger charge is -2.25. The minimum atomic E-state index is -0.611. The number of allylic oxidation sites excluding steroid dienone is 1. The number of aromatic nitrogens is 1. The molecule has 1 unspecified atom stereocenters. The van der Waals surface area contributed by atoms with Gasteiger partial charge in [-0.2, -0.15) is 0 Å². The predicted octanol–water partition coefficient (Wildman–Crippen LogP) is 4.11.